The molecule has 0 spiro atoms. The molecule has 1 atom stereocenters. The molecule has 2 aromatic carbocycles. The summed E-state index contributed by atoms with van der Waals surface area (Å²) in [5.74, 6) is -2.89. The summed E-state index contributed by atoms with van der Waals surface area (Å²) in [6.07, 6.45) is 1.51. The van der Waals surface area contributed by atoms with Crippen molar-refractivity contribution in [1.82, 2.24) is 10.4 Å². The van der Waals surface area contributed by atoms with E-state index in [0.717, 1.165) is 17.9 Å². The van der Waals surface area contributed by atoms with Gasteiger partial charge in [0.25, 0.3) is 11.8 Å². The van der Waals surface area contributed by atoms with E-state index in [4.69, 9.17) is 18.9 Å². The Kier molecular flexibility index (Phi) is 10.2. The maximum absolute atomic E-state index is 12.6. The van der Waals surface area contributed by atoms with Crippen LogP contribution in [0.1, 0.15) is 46.9 Å². The van der Waals surface area contributed by atoms with Crippen molar-refractivity contribution in [2.75, 3.05) is 39.3 Å². The maximum Gasteiger partial charge on any atom is 0.338 e. The van der Waals surface area contributed by atoms with Crippen LogP contribution in [0.4, 0.5) is 5.69 Å². The molecule has 0 saturated carbocycles. The fourth-order valence-electron chi connectivity index (χ4n) is 3.67. The van der Waals surface area contributed by atoms with Crippen LogP contribution in [-0.2, 0) is 23.9 Å². The number of ether oxygens (including phenoxy) is 4. The number of rotatable bonds is 12. The number of hydrogen-bond acceptors (Lipinski definition) is 9. The third-order valence-electron chi connectivity index (χ3n) is 5.82. The predicted octanol–water partition coefficient (Wildman–Crippen LogP) is 2.34. The fraction of sp³-hybridized carbons (Fsp3) is 0.370. The van der Waals surface area contributed by atoms with Crippen molar-refractivity contribution in [3.05, 3.63) is 53.6 Å². The van der Waals surface area contributed by atoms with Gasteiger partial charge in [0, 0.05) is 17.7 Å². The number of unbranched alkanes of at least 4 members (excludes halogenated alkanes) is 1. The number of carbonyl (C=O) groups excluding carboxylic acids is 5. The van der Waals surface area contributed by atoms with Crippen LogP contribution in [0.5, 0.6) is 11.5 Å². The van der Waals surface area contributed by atoms with Gasteiger partial charge in [0.15, 0.2) is 18.1 Å². The van der Waals surface area contributed by atoms with Crippen molar-refractivity contribution in [2.45, 2.75) is 26.2 Å². The summed E-state index contributed by atoms with van der Waals surface area (Å²) in [6, 6.07) is 10.6. The number of esters is 2. The van der Waals surface area contributed by atoms with Crippen LogP contribution in [0.25, 0.3) is 0 Å². The van der Waals surface area contributed by atoms with Crippen molar-refractivity contribution in [3.63, 3.8) is 0 Å². The van der Waals surface area contributed by atoms with E-state index in [1.807, 2.05) is 6.92 Å². The zero-order valence-corrected chi connectivity index (χ0v) is 22.0. The first-order chi connectivity index (χ1) is 18.7. The number of carbonyl (C=O) groups is 5. The van der Waals surface area contributed by atoms with Gasteiger partial charge in [-0.25, -0.2) is 4.79 Å². The summed E-state index contributed by atoms with van der Waals surface area (Å²) in [5.41, 5.74) is 3.45. The van der Waals surface area contributed by atoms with E-state index in [9.17, 15) is 24.0 Å². The van der Waals surface area contributed by atoms with Crippen LogP contribution in [-0.4, -0.2) is 68.6 Å². The third-order valence-corrected chi connectivity index (χ3v) is 5.82. The highest BCUT2D eigenvalue weighted by atomic mass is 16.5. The van der Waals surface area contributed by atoms with Gasteiger partial charge in [-0.2, -0.15) is 0 Å². The molecule has 1 aliphatic rings. The lowest BCUT2D eigenvalue weighted by Crippen LogP contribution is -2.43. The monoisotopic (exact) mass is 541 g/mol. The molecule has 1 aliphatic heterocycles. The van der Waals surface area contributed by atoms with Crippen molar-refractivity contribution < 1.29 is 42.9 Å². The quantitative estimate of drug-likeness (QED) is 0.305. The van der Waals surface area contributed by atoms with Gasteiger partial charge in [-0.1, -0.05) is 13.3 Å². The molecule has 0 bridgehead atoms. The molecular formula is C27H31N3O9. The fourth-order valence-corrected chi connectivity index (χ4v) is 3.67. The Morgan fingerprint density at radius 2 is 1.64 bits per heavy atom. The number of methoxy groups -OCH3 is 2. The van der Waals surface area contributed by atoms with E-state index in [2.05, 4.69) is 10.7 Å². The first-order valence-electron chi connectivity index (χ1n) is 12.3. The summed E-state index contributed by atoms with van der Waals surface area (Å²) in [7, 11) is 2.90. The smallest absolute Gasteiger partial charge is 0.338 e. The molecule has 2 aromatic rings. The topological polar surface area (TPSA) is 150 Å². The first-order valence-corrected chi connectivity index (χ1v) is 12.3. The molecule has 12 heteroatoms. The van der Waals surface area contributed by atoms with Crippen LogP contribution >= 0.6 is 0 Å². The van der Waals surface area contributed by atoms with Gasteiger partial charge in [0.05, 0.1) is 38.9 Å². The highest BCUT2D eigenvalue weighted by molar-refractivity contribution is 5.97. The molecule has 208 valence electrons. The number of nitrogens with one attached hydrogen (secondary N) is 2. The zero-order valence-electron chi connectivity index (χ0n) is 22.0. The summed E-state index contributed by atoms with van der Waals surface area (Å²) in [5, 5.41) is 3.61. The van der Waals surface area contributed by atoms with Crippen LogP contribution in [0.15, 0.2) is 42.5 Å². The number of amides is 3. The molecule has 1 heterocycles. The average Bonchev–Trinajstić information content (AvgIpc) is 3.31. The van der Waals surface area contributed by atoms with Gasteiger partial charge in [0.2, 0.25) is 5.91 Å². The Morgan fingerprint density at radius 1 is 0.949 bits per heavy atom. The molecule has 2 N–H and O–H groups in total. The molecule has 1 fully saturated rings. The second-order valence-electron chi connectivity index (χ2n) is 8.64. The highest BCUT2D eigenvalue weighted by Crippen LogP contribution is 2.27. The molecule has 0 unspecified atom stereocenters. The molecule has 3 amide bonds. The van der Waals surface area contributed by atoms with Gasteiger partial charge in [0.1, 0.15) is 0 Å². The van der Waals surface area contributed by atoms with Crippen molar-refractivity contribution in [1.29, 1.82) is 0 Å². The van der Waals surface area contributed by atoms with Gasteiger partial charge >= 0.3 is 11.9 Å². The molecule has 1 saturated heterocycles. The Balaban J connectivity index is 1.45. The minimum absolute atomic E-state index is 0.103. The molecule has 12 nitrogen and oxygen atoms in total. The van der Waals surface area contributed by atoms with Crippen LogP contribution < -0.4 is 20.2 Å². The SMILES string of the molecule is CCCCOC(=O)c1ccc(NC(=O)COC(=O)[C@@H]2CC(=O)N(NC(=O)c3ccc(OC)c(OC)c3)C2)cc1. The number of nitrogens with zero attached hydrogens (tertiary/aromatic N) is 1. The van der Waals surface area contributed by atoms with E-state index in [0.29, 0.717) is 29.4 Å². The first kappa shape index (κ1) is 29.0. The van der Waals surface area contributed by atoms with Gasteiger partial charge in [-0.3, -0.25) is 29.6 Å². The Morgan fingerprint density at radius 3 is 2.31 bits per heavy atom. The van der Waals surface area contributed by atoms with Crippen molar-refractivity contribution in [2.24, 2.45) is 5.92 Å². The molecular weight excluding hydrogens is 510 g/mol. The van der Waals surface area contributed by atoms with E-state index in [1.165, 1.54) is 50.6 Å². The Bertz CT molecular complexity index is 1210. The summed E-state index contributed by atoms with van der Waals surface area (Å²) in [4.78, 5) is 61.6. The molecule has 39 heavy (non-hydrogen) atoms. The number of anilines is 1. The Hall–Kier alpha value is -4.61. The highest BCUT2D eigenvalue weighted by Gasteiger charge is 2.36. The normalized spacial score (nSPS) is 14.4. The van der Waals surface area contributed by atoms with E-state index in [-0.39, 0.29) is 18.5 Å². The lowest BCUT2D eigenvalue weighted by atomic mass is 10.1. The minimum atomic E-state index is -0.853. The van der Waals surface area contributed by atoms with Gasteiger partial charge < -0.3 is 24.3 Å². The summed E-state index contributed by atoms with van der Waals surface area (Å²) < 4.78 is 20.5. The van der Waals surface area contributed by atoms with Gasteiger partial charge in [-0.15, -0.1) is 0 Å². The van der Waals surface area contributed by atoms with E-state index in [1.54, 1.807) is 6.07 Å². The molecule has 0 radical (unpaired) electrons. The van der Waals surface area contributed by atoms with Crippen LogP contribution in [0, 0.1) is 5.92 Å². The number of hydrogen-bond donors (Lipinski definition) is 2. The molecule has 3 rings (SSSR count). The maximum atomic E-state index is 12.6. The third kappa shape index (κ3) is 7.94. The summed E-state index contributed by atoms with van der Waals surface area (Å²) >= 11 is 0. The number of benzene rings is 2. The standard InChI is InChI=1S/C27H31N3O9/c1-4-5-12-38-26(34)17-6-9-20(10-7-17)28-23(31)16-39-27(35)19-14-24(32)30(15-19)29-25(33)18-8-11-21(36-2)22(13-18)37-3/h6-11,13,19H,4-5,12,14-16H2,1-3H3,(H,28,31)(H,29,33)/t19-/m1/s1. The minimum Gasteiger partial charge on any atom is -0.493 e. The van der Waals surface area contributed by atoms with E-state index >= 15 is 0 Å². The van der Waals surface area contributed by atoms with Crippen molar-refractivity contribution >= 4 is 35.3 Å². The lowest BCUT2D eigenvalue weighted by Gasteiger charge is -2.18. The largest absolute Gasteiger partial charge is 0.493 e. The molecule has 0 aromatic heterocycles. The van der Waals surface area contributed by atoms with E-state index < -0.39 is 42.2 Å². The zero-order chi connectivity index (χ0) is 28.4. The van der Waals surface area contributed by atoms with Gasteiger partial charge in [-0.05, 0) is 48.9 Å². The van der Waals surface area contributed by atoms with Crippen molar-refractivity contribution in [3.8, 4) is 11.5 Å². The van der Waals surface area contributed by atoms with Crippen LogP contribution in [0.3, 0.4) is 0 Å². The summed E-state index contributed by atoms with van der Waals surface area (Å²) in [6.45, 7) is 1.66. The number of hydrazine groups is 1. The molecule has 0 aliphatic carbocycles. The predicted molar refractivity (Wildman–Crippen MR) is 138 cm³/mol. The lowest BCUT2D eigenvalue weighted by molar-refractivity contribution is -0.151. The second-order valence-corrected chi connectivity index (χ2v) is 8.64. The second kappa shape index (κ2) is 13.8. The van der Waals surface area contributed by atoms with Crippen LogP contribution in [0.2, 0.25) is 0 Å². The Labute approximate surface area is 225 Å². The average molecular weight is 542 g/mol.